The van der Waals surface area contributed by atoms with E-state index in [1.165, 1.54) is 0 Å². The molecule has 0 saturated heterocycles. The van der Waals surface area contributed by atoms with Crippen molar-refractivity contribution in [1.82, 2.24) is 5.32 Å². The predicted molar refractivity (Wildman–Crippen MR) is 72.4 cm³/mol. The van der Waals surface area contributed by atoms with Gasteiger partial charge in [-0.2, -0.15) is 0 Å². The number of carbonyl (C=O) groups is 2. The summed E-state index contributed by atoms with van der Waals surface area (Å²) in [4.78, 5) is 22.8. The average Bonchev–Trinajstić information content (AvgIpc) is 2.27. The first-order chi connectivity index (χ1) is 8.45. The highest BCUT2D eigenvalue weighted by Gasteiger charge is 2.20. The summed E-state index contributed by atoms with van der Waals surface area (Å²) < 4.78 is 0.764. The van der Waals surface area contributed by atoms with Crippen molar-refractivity contribution < 1.29 is 14.7 Å². The Hall–Kier alpha value is -1.56. The van der Waals surface area contributed by atoms with Gasteiger partial charge in [0.15, 0.2) is 0 Å². The quantitative estimate of drug-likeness (QED) is 0.725. The Bertz CT molecular complexity index is 463. The van der Waals surface area contributed by atoms with Gasteiger partial charge >= 0.3 is 5.97 Å². The maximum atomic E-state index is 11.9. The Labute approximate surface area is 113 Å². The maximum Gasteiger partial charge on any atom is 0.326 e. The molecule has 0 saturated carbocycles. The van der Waals surface area contributed by atoms with Crippen molar-refractivity contribution in [2.24, 2.45) is 0 Å². The molecule has 6 heteroatoms. The van der Waals surface area contributed by atoms with Crippen molar-refractivity contribution in [3.63, 3.8) is 0 Å². The Balaban J connectivity index is 2.83. The van der Waals surface area contributed by atoms with Gasteiger partial charge in [-0.3, -0.25) is 4.79 Å². The standard InChI is InChI=1S/C12H15BrN2O3/c1-2-3-10(12(17)18)15-11(16)8-5-4-7(13)6-9(8)14/h4-6,10H,2-3,14H2,1H3,(H,15,16)(H,17,18). The monoisotopic (exact) mass is 314 g/mol. The molecular weight excluding hydrogens is 300 g/mol. The van der Waals surface area contributed by atoms with E-state index < -0.39 is 17.9 Å². The molecule has 0 aliphatic rings. The molecule has 0 aliphatic carbocycles. The lowest BCUT2D eigenvalue weighted by atomic mass is 10.1. The van der Waals surface area contributed by atoms with E-state index in [1.807, 2.05) is 6.92 Å². The molecule has 0 fully saturated rings. The molecule has 1 atom stereocenters. The molecule has 0 bridgehead atoms. The number of benzene rings is 1. The topological polar surface area (TPSA) is 92.4 Å². The van der Waals surface area contributed by atoms with Crippen LogP contribution in [0.1, 0.15) is 30.1 Å². The number of amides is 1. The summed E-state index contributed by atoms with van der Waals surface area (Å²) in [6.45, 7) is 1.86. The SMILES string of the molecule is CCCC(NC(=O)c1ccc(Br)cc1N)C(=O)O. The normalized spacial score (nSPS) is 11.9. The molecule has 98 valence electrons. The van der Waals surface area contributed by atoms with E-state index in [4.69, 9.17) is 10.8 Å². The summed E-state index contributed by atoms with van der Waals surface area (Å²) in [5.74, 6) is -1.51. The highest BCUT2D eigenvalue weighted by molar-refractivity contribution is 9.10. The minimum absolute atomic E-state index is 0.278. The van der Waals surface area contributed by atoms with E-state index in [-0.39, 0.29) is 5.56 Å². The fraction of sp³-hybridized carbons (Fsp3) is 0.333. The van der Waals surface area contributed by atoms with Gasteiger partial charge in [0.25, 0.3) is 5.91 Å². The lowest BCUT2D eigenvalue weighted by Crippen LogP contribution is -2.40. The number of anilines is 1. The third kappa shape index (κ3) is 3.73. The summed E-state index contributed by atoms with van der Waals surface area (Å²) in [6, 6.07) is 3.95. The maximum absolute atomic E-state index is 11.9. The molecule has 1 aromatic rings. The summed E-state index contributed by atoms with van der Waals surface area (Å²) in [5.41, 5.74) is 6.30. The highest BCUT2D eigenvalue weighted by Crippen LogP contribution is 2.18. The summed E-state index contributed by atoms with van der Waals surface area (Å²) in [7, 11) is 0. The Morgan fingerprint density at radius 2 is 2.17 bits per heavy atom. The second kappa shape index (κ2) is 6.39. The number of aliphatic carboxylic acids is 1. The van der Waals surface area contributed by atoms with Crippen LogP contribution in [-0.2, 0) is 4.79 Å². The summed E-state index contributed by atoms with van der Waals surface area (Å²) in [5, 5.41) is 11.4. The number of nitrogens with one attached hydrogen (secondary N) is 1. The van der Waals surface area contributed by atoms with E-state index in [1.54, 1.807) is 18.2 Å². The van der Waals surface area contributed by atoms with Crippen molar-refractivity contribution in [2.75, 3.05) is 5.73 Å². The van der Waals surface area contributed by atoms with E-state index >= 15 is 0 Å². The van der Waals surface area contributed by atoms with E-state index in [0.29, 0.717) is 18.5 Å². The van der Waals surface area contributed by atoms with Crippen LogP contribution in [-0.4, -0.2) is 23.0 Å². The van der Waals surface area contributed by atoms with Gasteiger partial charge in [-0.25, -0.2) is 4.79 Å². The smallest absolute Gasteiger partial charge is 0.326 e. The van der Waals surface area contributed by atoms with Gasteiger partial charge < -0.3 is 16.2 Å². The van der Waals surface area contributed by atoms with Gasteiger partial charge in [-0.1, -0.05) is 29.3 Å². The number of nitrogens with two attached hydrogens (primary N) is 1. The molecule has 0 radical (unpaired) electrons. The molecule has 0 heterocycles. The second-order valence-electron chi connectivity index (χ2n) is 3.88. The number of rotatable bonds is 5. The van der Waals surface area contributed by atoms with E-state index in [0.717, 1.165) is 4.47 Å². The van der Waals surface area contributed by atoms with Crippen LogP contribution in [0.5, 0.6) is 0 Å². The van der Waals surface area contributed by atoms with Crippen LogP contribution in [0, 0.1) is 0 Å². The highest BCUT2D eigenvalue weighted by atomic mass is 79.9. The van der Waals surface area contributed by atoms with Crippen molar-refractivity contribution in [1.29, 1.82) is 0 Å². The number of carbonyl (C=O) groups excluding carboxylic acids is 1. The Morgan fingerprint density at radius 3 is 2.67 bits per heavy atom. The zero-order chi connectivity index (χ0) is 13.7. The molecule has 4 N–H and O–H groups in total. The van der Waals surface area contributed by atoms with Crippen LogP contribution >= 0.6 is 15.9 Å². The van der Waals surface area contributed by atoms with Crippen LogP contribution in [0.25, 0.3) is 0 Å². The van der Waals surface area contributed by atoms with E-state index in [9.17, 15) is 9.59 Å². The molecule has 0 aliphatic heterocycles. The molecule has 1 amide bonds. The van der Waals surface area contributed by atoms with E-state index in [2.05, 4.69) is 21.2 Å². The minimum Gasteiger partial charge on any atom is -0.480 e. The van der Waals surface area contributed by atoms with Crippen LogP contribution in [0.15, 0.2) is 22.7 Å². The number of carboxylic acids is 1. The molecular formula is C12H15BrN2O3. The van der Waals surface area contributed by atoms with Crippen molar-refractivity contribution >= 4 is 33.5 Å². The second-order valence-corrected chi connectivity index (χ2v) is 4.80. The average molecular weight is 315 g/mol. The third-order valence-corrected chi connectivity index (χ3v) is 2.93. The van der Waals surface area contributed by atoms with Gasteiger partial charge in [0.05, 0.1) is 5.56 Å². The molecule has 0 spiro atoms. The Morgan fingerprint density at radius 1 is 1.50 bits per heavy atom. The number of carboxylic acid groups (broad SMARTS) is 1. The zero-order valence-electron chi connectivity index (χ0n) is 9.94. The van der Waals surface area contributed by atoms with Crippen molar-refractivity contribution in [2.45, 2.75) is 25.8 Å². The lowest BCUT2D eigenvalue weighted by Gasteiger charge is -2.14. The lowest BCUT2D eigenvalue weighted by molar-refractivity contribution is -0.139. The zero-order valence-corrected chi connectivity index (χ0v) is 11.5. The molecule has 1 rings (SSSR count). The Kier molecular flexibility index (Phi) is 5.15. The van der Waals surface area contributed by atoms with Crippen molar-refractivity contribution in [3.05, 3.63) is 28.2 Å². The predicted octanol–water partition coefficient (Wildman–Crippen LogP) is 2.01. The molecule has 0 aromatic heterocycles. The van der Waals surface area contributed by atoms with Crippen LogP contribution < -0.4 is 11.1 Å². The number of halogens is 1. The molecule has 1 aromatic carbocycles. The number of hydrogen-bond donors (Lipinski definition) is 3. The fourth-order valence-corrected chi connectivity index (χ4v) is 1.90. The number of nitrogen functional groups attached to an aromatic ring is 1. The molecule has 5 nitrogen and oxygen atoms in total. The summed E-state index contributed by atoms with van der Waals surface area (Å²) >= 11 is 3.24. The van der Waals surface area contributed by atoms with Crippen LogP contribution in [0.4, 0.5) is 5.69 Å². The minimum atomic E-state index is -1.04. The molecule has 1 unspecified atom stereocenters. The fourth-order valence-electron chi connectivity index (χ4n) is 1.52. The van der Waals surface area contributed by atoms with Gasteiger partial charge in [0.1, 0.15) is 6.04 Å². The first-order valence-corrected chi connectivity index (χ1v) is 6.33. The molecule has 18 heavy (non-hydrogen) atoms. The first kappa shape index (κ1) is 14.5. The van der Waals surface area contributed by atoms with Gasteiger partial charge in [0.2, 0.25) is 0 Å². The summed E-state index contributed by atoms with van der Waals surface area (Å²) in [6.07, 6.45) is 1.06. The first-order valence-electron chi connectivity index (χ1n) is 5.54. The van der Waals surface area contributed by atoms with Crippen molar-refractivity contribution in [3.8, 4) is 0 Å². The largest absolute Gasteiger partial charge is 0.480 e. The van der Waals surface area contributed by atoms with Gasteiger partial charge in [0, 0.05) is 10.2 Å². The van der Waals surface area contributed by atoms with Crippen LogP contribution in [0.3, 0.4) is 0 Å². The van der Waals surface area contributed by atoms with Gasteiger partial charge in [-0.15, -0.1) is 0 Å². The van der Waals surface area contributed by atoms with Crippen LogP contribution in [0.2, 0.25) is 0 Å². The third-order valence-electron chi connectivity index (χ3n) is 2.44. The van der Waals surface area contributed by atoms with Gasteiger partial charge in [-0.05, 0) is 24.6 Å². The number of hydrogen-bond acceptors (Lipinski definition) is 3.